The van der Waals surface area contributed by atoms with Crippen LogP contribution in [0.4, 0.5) is 4.39 Å². The van der Waals surface area contributed by atoms with Gasteiger partial charge in [0.05, 0.1) is 13.7 Å². The monoisotopic (exact) mass is 444 g/mol. The molecule has 0 aliphatic rings. The molecule has 6 nitrogen and oxygen atoms in total. The Balaban J connectivity index is 2.01. The molecule has 2 amide bonds. The fourth-order valence-electron chi connectivity index (χ4n) is 3.30. The van der Waals surface area contributed by atoms with E-state index in [-0.39, 0.29) is 30.6 Å². The lowest BCUT2D eigenvalue weighted by Crippen LogP contribution is -2.49. The molecule has 0 saturated heterocycles. The summed E-state index contributed by atoms with van der Waals surface area (Å²) in [5.41, 5.74) is 0.774. The third kappa shape index (κ3) is 7.87. The molecule has 0 fully saturated rings. The molecule has 0 unspecified atom stereocenters. The van der Waals surface area contributed by atoms with Crippen molar-refractivity contribution >= 4 is 11.8 Å². The Bertz CT molecular complexity index is 840. The lowest BCUT2D eigenvalue weighted by molar-refractivity contribution is -0.141. The van der Waals surface area contributed by atoms with Crippen molar-refractivity contribution in [3.05, 3.63) is 59.9 Å². The standard InChI is InChI=1S/C25H33FN2O4/c1-4-16-27-25(30)23(5-2)28(18-19-8-10-20(26)11-9-19)24(29)7-6-17-32-22-14-12-21(31-3)13-15-22/h8-15,23H,4-7,16-18H2,1-3H3,(H,27,30)/t23-/m1/s1. The third-order valence-electron chi connectivity index (χ3n) is 5.06. The fourth-order valence-corrected chi connectivity index (χ4v) is 3.30. The zero-order chi connectivity index (χ0) is 23.3. The van der Waals surface area contributed by atoms with Gasteiger partial charge >= 0.3 is 0 Å². The van der Waals surface area contributed by atoms with Crippen molar-refractivity contribution in [1.82, 2.24) is 10.2 Å². The molecule has 0 aromatic heterocycles. The predicted octanol–water partition coefficient (Wildman–Crippen LogP) is 4.33. The number of hydrogen-bond acceptors (Lipinski definition) is 4. The van der Waals surface area contributed by atoms with Crippen molar-refractivity contribution in [3.8, 4) is 11.5 Å². The molecular formula is C25H33FN2O4. The molecule has 174 valence electrons. The van der Waals surface area contributed by atoms with Gasteiger partial charge in [-0.3, -0.25) is 9.59 Å². The van der Waals surface area contributed by atoms with E-state index in [1.54, 1.807) is 24.1 Å². The quantitative estimate of drug-likeness (QED) is 0.467. The number of nitrogens with one attached hydrogen (secondary N) is 1. The third-order valence-corrected chi connectivity index (χ3v) is 5.06. The summed E-state index contributed by atoms with van der Waals surface area (Å²) >= 11 is 0. The van der Waals surface area contributed by atoms with E-state index in [4.69, 9.17) is 9.47 Å². The van der Waals surface area contributed by atoms with Crippen LogP contribution in [-0.2, 0) is 16.1 Å². The number of benzene rings is 2. The van der Waals surface area contributed by atoms with E-state index in [0.717, 1.165) is 17.7 Å². The number of halogens is 1. The first-order valence-electron chi connectivity index (χ1n) is 11.1. The maximum absolute atomic E-state index is 13.3. The summed E-state index contributed by atoms with van der Waals surface area (Å²) in [6, 6.07) is 12.7. The van der Waals surface area contributed by atoms with Gasteiger partial charge in [0.1, 0.15) is 23.4 Å². The van der Waals surface area contributed by atoms with Gasteiger partial charge in [0, 0.05) is 19.5 Å². The molecule has 0 saturated carbocycles. The summed E-state index contributed by atoms with van der Waals surface area (Å²) in [6.45, 7) is 5.04. The van der Waals surface area contributed by atoms with Gasteiger partial charge in [-0.15, -0.1) is 0 Å². The number of methoxy groups -OCH3 is 1. The molecule has 0 aliphatic carbocycles. The van der Waals surface area contributed by atoms with Crippen molar-refractivity contribution in [2.24, 2.45) is 0 Å². The number of carbonyl (C=O) groups is 2. The maximum atomic E-state index is 13.3. The fraction of sp³-hybridized carbons (Fsp3) is 0.440. The molecule has 32 heavy (non-hydrogen) atoms. The normalized spacial score (nSPS) is 11.5. The molecule has 7 heteroatoms. The lowest BCUT2D eigenvalue weighted by atomic mass is 10.1. The molecule has 0 bridgehead atoms. The molecule has 0 aliphatic heterocycles. The molecule has 1 atom stereocenters. The Morgan fingerprint density at radius 3 is 2.28 bits per heavy atom. The zero-order valence-electron chi connectivity index (χ0n) is 19.1. The maximum Gasteiger partial charge on any atom is 0.242 e. The molecule has 2 aromatic carbocycles. The van der Waals surface area contributed by atoms with Gasteiger partial charge in [0.15, 0.2) is 0 Å². The van der Waals surface area contributed by atoms with Crippen molar-refractivity contribution < 1.29 is 23.5 Å². The second kappa shape index (κ2) is 13.3. The molecule has 2 rings (SSSR count). The topological polar surface area (TPSA) is 67.9 Å². The number of carbonyl (C=O) groups excluding carboxylic acids is 2. The van der Waals surface area contributed by atoms with Gasteiger partial charge in [-0.25, -0.2) is 4.39 Å². The molecular weight excluding hydrogens is 411 g/mol. The summed E-state index contributed by atoms with van der Waals surface area (Å²) in [4.78, 5) is 27.4. The van der Waals surface area contributed by atoms with Crippen molar-refractivity contribution in [2.45, 2.75) is 52.1 Å². The average molecular weight is 445 g/mol. The Morgan fingerprint density at radius 1 is 1.03 bits per heavy atom. The first-order valence-corrected chi connectivity index (χ1v) is 11.1. The number of hydrogen-bond donors (Lipinski definition) is 1. The van der Waals surface area contributed by atoms with Crippen molar-refractivity contribution in [3.63, 3.8) is 0 Å². The smallest absolute Gasteiger partial charge is 0.242 e. The molecule has 0 spiro atoms. The predicted molar refractivity (Wildman–Crippen MR) is 122 cm³/mol. The summed E-state index contributed by atoms with van der Waals surface area (Å²) in [5.74, 6) is 0.809. The minimum absolute atomic E-state index is 0.133. The van der Waals surface area contributed by atoms with Crippen LogP contribution < -0.4 is 14.8 Å². The molecule has 0 radical (unpaired) electrons. The van der Waals surface area contributed by atoms with Gasteiger partial charge in [0.2, 0.25) is 11.8 Å². The largest absolute Gasteiger partial charge is 0.497 e. The lowest BCUT2D eigenvalue weighted by Gasteiger charge is -2.30. The van der Waals surface area contributed by atoms with E-state index >= 15 is 0 Å². The second-order valence-corrected chi connectivity index (χ2v) is 7.49. The Hall–Kier alpha value is -3.09. The summed E-state index contributed by atoms with van der Waals surface area (Å²) in [7, 11) is 1.60. The van der Waals surface area contributed by atoms with Crippen LogP contribution in [0.2, 0.25) is 0 Å². The van der Waals surface area contributed by atoms with E-state index in [2.05, 4.69) is 5.32 Å². The molecule has 0 heterocycles. The highest BCUT2D eigenvalue weighted by atomic mass is 19.1. The Kier molecular flexibility index (Phi) is 10.5. The van der Waals surface area contributed by atoms with Gasteiger partial charge < -0.3 is 19.7 Å². The van der Waals surface area contributed by atoms with E-state index in [1.165, 1.54) is 12.1 Å². The molecule has 1 N–H and O–H groups in total. The van der Waals surface area contributed by atoms with Crippen LogP contribution in [-0.4, -0.2) is 43.0 Å². The van der Waals surface area contributed by atoms with E-state index in [0.29, 0.717) is 31.7 Å². The summed E-state index contributed by atoms with van der Waals surface area (Å²) in [5, 5.41) is 2.88. The van der Waals surface area contributed by atoms with E-state index in [1.807, 2.05) is 38.1 Å². The number of amides is 2. The van der Waals surface area contributed by atoms with Crippen LogP contribution in [0, 0.1) is 5.82 Å². The highest BCUT2D eigenvalue weighted by Crippen LogP contribution is 2.18. The van der Waals surface area contributed by atoms with Crippen LogP contribution in [0.15, 0.2) is 48.5 Å². The van der Waals surface area contributed by atoms with Crippen LogP contribution in [0.5, 0.6) is 11.5 Å². The number of nitrogens with zero attached hydrogens (tertiary/aromatic N) is 1. The van der Waals surface area contributed by atoms with Crippen LogP contribution in [0.25, 0.3) is 0 Å². The highest BCUT2D eigenvalue weighted by Gasteiger charge is 2.28. The second-order valence-electron chi connectivity index (χ2n) is 7.49. The Morgan fingerprint density at radius 2 is 1.69 bits per heavy atom. The SMILES string of the molecule is CCCNC(=O)[C@@H](CC)N(Cc1ccc(F)cc1)C(=O)CCCOc1ccc(OC)cc1. The Labute approximate surface area is 189 Å². The van der Waals surface area contributed by atoms with Gasteiger partial charge in [-0.2, -0.15) is 0 Å². The van der Waals surface area contributed by atoms with Crippen LogP contribution >= 0.6 is 0 Å². The molecule has 2 aromatic rings. The highest BCUT2D eigenvalue weighted by molar-refractivity contribution is 5.87. The first-order chi connectivity index (χ1) is 15.5. The van der Waals surface area contributed by atoms with E-state index < -0.39 is 6.04 Å². The van der Waals surface area contributed by atoms with Crippen LogP contribution in [0.1, 0.15) is 45.1 Å². The first kappa shape index (κ1) is 25.2. The summed E-state index contributed by atoms with van der Waals surface area (Å²) in [6.07, 6.45) is 2.06. The van der Waals surface area contributed by atoms with Crippen molar-refractivity contribution in [2.75, 3.05) is 20.3 Å². The number of rotatable bonds is 13. The van der Waals surface area contributed by atoms with Crippen molar-refractivity contribution in [1.29, 1.82) is 0 Å². The zero-order valence-corrected chi connectivity index (χ0v) is 19.1. The average Bonchev–Trinajstić information content (AvgIpc) is 2.81. The minimum atomic E-state index is -0.582. The van der Waals surface area contributed by atoms with Crippen LogP contribution in [0.3, 0.4) is 0 Å². The van der Waals surface area contributed by atoms with Gasteiger partial charge in [-0.05, 0) is 61.2 Å². The summed E-state index contributed by atoms with van der Waals surface area (Å²) < 4.78 is 24.1. The number of ether oxygens (including phenoxy) is 2. The van der Waals surface area contributed by atoms with Gasteiger partial charge in [-0.1, -0.05) is 26.0 Å². The minimum Gasteiger partial charge on any atom is -0.497 e. The van der Waals surface area contributed by atoms with E-state index in [9.17, 15) is 14.0 Å². The van der Waals surface area contributed by atoms with Gasteiger partial charge in [0.25, 0.3) is 0 Å².